The Balaban J connectivity index is 2.08. The second-order valence-corrected chi connectivity index (χ2v) is 9.28. The third-order valence-electron chi connectivity index (χ3n) is 5.54. The van der Waals surface area contributed by atoms with Crippen LogP contribution in [0, 0.1) is 0 Å². The molecule has 31 heavy (non-hydrogen) atoms. The zero-order valence-corrected chi connectivity index (χ0v) is 20.7. The molecule has 2 amide bonds. The Labute approximate surface area is 195 Å². The van der Waals surface area contributed by atoms with Crippen molar-refractivity contribution in [2.24, 2.45) is 0 Å². The fourth-order valence-electron chi connectivity index (χ4n) is 3.37. The molecule has 0 aliphatic rings. The van der Waals surface area contributed by atoms with Gasteiger partial charge in [-0.1, -0.05) is 79.5 Å². The summed E-state index contributed by atoms with van der Waals surface area (Å²) in [4.78, 5) is 27.5. The van der Waals surface area contributed by atoms with E-state index in [9.17, 15) is 9.59 Å². The molecular formula is C26H35BrN2O2. The van der Waals surface area contributed by atoms with Crippen molar-refractivity contribution in [1.82, 2.24) is 10.2 Å². The van der Waals surface area contributed by atoms with Crippen molar-refractivity contribution in [3.05, 3.63) is 69.7 Å². The quantitative estimate of drug-likeness (QED) is 0.405. The van der Waals surface area contributed by atoms with Crippen molar-refractivity contribution in [2.75, 3.05) is 6.54 Å². The number of halogens is 1. The summed E-state index contributed by atoms with van der Waals surface area (Å²) in [5.41, 5.74) is 3.44. The summed E-state index contributed by atoms with van der Waals surface area (Å²) in [5.74, 6) is 0.387. The first-order valence-corrected chi connectivity index (χ1v) is 12.0. The Morgan fingerprint density at radius 2 is 1.58 bits per heavy atom. The van der Waals surface area contributed by atoms with Crippen LogP contribution in [0.25, 0.3) is 0 Å². The Morgan fingerprint density at radius 1 is 0.968 bits per heavy atom. The number of hydrogen-bond acceptors (Lipinski definition) is 2. The lowest BCUT2D eigenvalue weighted by molar-refractivity contribution is -0.140. The number of rotatable bonds is 11. The number of aryl methyl sites for hydroxylation is 1. The van der Waals surface area contributed by atoms with Gasteiger partial charge in [-0.15, -0.1) is 0 Å². The van der Waals surface area contributed by atoms with Gasteiger partial charge in [0.25, 0.3) is 0 Å². The zero-order valence-electron chi connectivity index (χ0n) is 19.2. The lowest BCUT2D eigenvalue weighted by atomic mass is 10.00. The average molecular weight is 487 g/mol. The number of amides is 2. The molecule has 0 fully saturated rings. The Kier molecular flexibility index (Phi) is 10.3. The van der Waals surface area contributed by atoms with E-state index in [1.807, 2.05) is 31.2 Å². The fourth-order valence-corrected chi connectivity index (χ4v) is 3.63. The van der Waals surface area contributed by atoms with Crippen molar-refractivity contribution in [1.29, 1.82) is 0 Å². The Hall–Kier alpha value is -2.14. The first kappa shape index (κ1) is 25.1. The molecule has 2 aromatic carbocycles. The highest BCUT2D eigenvalue weighted by Gasteiger charge is 2.25. The minimum atomic E-state index is -0.517. The maximum absolute atomic E-state index is 13.2. The molecule has 0 saturated heterocycles. The number of carbonyl (C=O) groups is 2. The summed E-state index contributed by atoms with van der Waals surface area (Å²) in [7, 11) is 0. The molecule has 2 rings (SSSR count). The topological polar surface area (TPSA) is 49.4 Å². The number of nitrogens with one attached hydrogen (secondary N) is 1. The normalized spacial score (nSPS) is 11.9. The number of carbonyl (C=O) groups excluding carboxylic acids is 2. The molecule has 0 radical (unpaired) electrons. The van der Waals surface area contributed by atoms with Gasteiger partial charge in [0.05, 0.1) is 0 Å². The van der Waals surface area contributed by atoms with E-state index < -0.39 is 6.04 Å². The van der Waals surface area contributed by atoms with Gasteiger partial charge in [-0.05, 0) is 54.5 Å². The molecule has 0 saturated carbocycles. The van der Waals surface area contributed by atoms with E-state index in [1.54, 1.807) is 4.90 Å². The van der Waals surface area contributed by atoms with Crippen LogP contribution in [0.2, 0.25) is 0 Å². The van der Waals surface area contributed by atoms with E-state index in [0.29, 0.717) is 31.8 Å². The summed E-state index contributed by atoms with van der Waals surface area (Å²) in [6.45, 7) is 9.31. The minimum Gasteiger partial charge on any atom is -0.354 e. The number of hydrogen-bond donors (Lipinski definition) is 1. The Morgan fingerprint density at radius 3 is 2.16 bits per heavy atom. The number of benzene rings is 2. The predicted octanol–water partition coefficient (Wildman–Crippen LogP) is 5.84. The van der Waals surface area contributed by atoms with Crippen molar-refractivity contribution in [3.8, 4) is 0 Å². The molecule has 0 aliphatic heterocycles. The van der Waals surface area contributed by atoms with E-state index in [-0.39, 0.29) is 11.8 Å². The molecule has 1 atom stereocenters. The third-order valence-corrected chi connectivity index (χ3v) is 6.07. The van der Waals surface area contributed by atoms with E-state index in [1.165, 1.54) is 5.56 Å². The fraction of sp³-hybridized carbons (Fsp3) is 0.462. The standard InChI is InChI=1S/C26H35BrN2O2/c1-5-6-17-28-26(31)20(4)29(18-22-9-14-24(27)15-10-22)25(30)16-11-21-7-12-23(13-8-21)19(2)3/h7-10,12-15,19-20H,5-6,11,16-18H2,1-4H3,(H,28,31)/t20-/m0/s1. The minimum absolute atomic E-state index is 0.00556. The maximum Gasteiger partial charge on any atom is 0.242 e. The first-order chi connectivity index (χ1) is 14.8. The van der Waals surface area contributed by atoms with Crippen molar-refractivity contribution < 1.29 is 9.59 Å². The predicted molar refractivity (Wildman–Crippen MR) is 131 cm³/mol. The lowest BCUT2D eigenvalue weighted by Gasteiger charge is -2.29. The van der Waals surface area contributed by atoms with Crippen LogP contribution in [-0.4, -0.2) is 29.3 Å². The second kappa shape index (κ2) is 12.7. The molecule has 0 spiro atoms. The summed E-state index contributed by atoms with van der Waals surface area (Å²) >= 11 is 3.45. The molecule has 0 heterocycles. The zero-order chi connectivity index (χ0) is 22.8. The van der Waals surface area contributed by atoms with E-state index in [4.69, 9.17) is 0 Å². The molecule has 5 heteroatoms. The van der Waals surface area contributed by atoms with Gasteiger partial charge in [-0.2, -0.15) is 0 Å². The molecule has 168 valence electrons. The Bertz CT molecular complexity index is 831. The average Bonchev–Trinajstić information content (AvgIpc) is 2.77. The molecule has 0 unspecified atom stereocenters. The van der Waals surface area contributed by atoms with E-state index >= 15 is 0 Å². The summed E-state index contributed by atoms with van der Waals surface area (Å²) in [6, 6.07) is 15.8. The monoisotopic (exact) mass is 486 g/mol. The first-order valence-electron chi connectivity index (χ1n) is 11.2. The second-order valence-electron chi connectivity index (χ2n) is 8.36. The van der Waals surface area contributed by atoms with Crippen LogP contribution >= 0.6 is 15.9 Å². The SMILES string of the molecule is CCCCNC(=O)[C@H](C)N(Cc1ccc(Br)cc1)C(=O)CCc1ccc(C(C)C)cc1. The molecule has 4 nitrogen and oxygen atoms in total. The van der Waals surface area contributed by atoms with Gasteiger partial charge in [0.2, 0.25) is 11.8 Å². The van der Waals surface area contributed by atoms with Gasteiger partial charge in [0.15, 0.2) is 0 Å². The molecular weight excluding hydrogens is 452 g/mol. The number of unbranched alkanes of at least 4 members (excludes halogenated alkanes) is 1. The highest BCUT2D eigenvalue weighted by molar-refractivity contribution is 9.10. The highest BCUT2D eigenvalue weighted by atomic mass is 79.9. The van der Waals surface area contributed by atoms with Crippen molar-refractivity contribution in [3.63, 3.8) is 0 Å². The molecule has 0 bridgehead atoms. The van der Waals surface area contributed by atoms with Crippen LogP contribution in [-0.2, 0) is 22.6 Å². The van der Waals surface area contributed by atoms with Crippen LogP contribution < -0.4 is 5.32 Å². The highest BCUT2D eigenvalue weighted by Crippen LogP contribution is 2.18. The van der Waals surface area contributed by atoms with Crippen LogP contribution in [0.3, 0.4) is 0 Å². The lowest BCUT2D eigenvalue weighted by Crippen LogP contribution is -2.47. The smallest absolute Gasteiger partial charge is 0.242 e. The third kappa shape index (κ3) is 8.13. The molecule has 0 aromatic heterocycles. The van der Waals surface area contributed by atoms with Gasteiger partial charge < -0.3 is 10.2 Å². The van der Waals surface area contributed by atoms with Gasteiger partial charge in [0.1, 0.15) is 6.04 Å². The van der Waals surface area contributed by atoms with Gasteiger partial charge in [-0.3, -0.25) is 9.59 Å². The molecule has 0 aliphatic carbocycles. The molecule has 1 N–H and O–H groups in total. The van der Waals surface area contributed by atoms with Crippen LogP contribution in [0.5, 0.6) is 0 Å². The maximum atomic E-state index is 13.2. The van der Waals surface area contributed by atoms with E-state index in [0.717, 1.165) is 28.4 Å². The molecule has 2 aromatic rings. The summed E-state index contributed by atoms with van der Waals surface area (Å²) < 4.78 is 0.990. The van der Waals surface area contributed by atoms with Gasteiger partial charge >= 0.3 is 0 Å². The largest absolute Gasteiger partial charge is 0.354 e. The number of nitrogens with zero attached hydrogens (tertiary/aromatic N) is 1. The van der Waals surface area contributed by atoms with Crippen LogP contribution in [0.15, 0.2) is 53.0 Å². The van der Waals surface area contributed by atoms with Gasteiger partial charge in [0, 0.05) is 24.0 Å². The van der Waals surface area contributed by atoms with Crippen LogP contribution in [0.1, 0.15) is 69.6 Å². The summed E-state index contributed by atoms with van der Waals surface area (Å²) in [6.07, 6.45) is 3.00. The summed E-state index contributed by atoms with van der Waals surface area (Å²) in [5, 5.41) is 2.96. The van der Waals surface area contributed by atoms with Crippen molar-refractivity contribution in [2.45, 2.75) is 71.9 Å². The van der Waals surface area contributed by atoms with Gasteiger partial charge in [-0.25, -0.2) is 0 Å². The van der Waals surface area contributed by atoms with Crippen LogP contribution in [0.4, 0.5) is 0 Å². The van der Waals surface area contributed by atoms with Crippen molar-refractivity contribution >= 4 is 27.7 Å². The van der Waals surface area contributed by atoms with E-state index in [2.05, 4.69) is 66.3 Å².